The summed E-state index contributed by atoms with van der Waals surface area (Å²) in [7, 11) is 1.50. The van der Waals surface area contributed by atoms with Crippen LogP contribution in [0.2, 0.25) is 0 Å². The number of thiophene rings is 1. The average molecular weight is 361 g/mol. The minimum atomic E-state index is -0.978. The summed E-state index contributed by atoms with van der Waals surface area (Å²) in [6.07, 6.45) is -0.988. The van der Waals surface area contributed by atoms with Crippen LogP contribution in [-0.4, -0.2) is 30.9 Å². The maximum absolute atomic E-state index is 12.1. The highest BCUT2D eigenvalue weighted by molar-refractivity contribution is 7.12. The van der Waals surface area contributed by atoms with E-state index in [-0.39, 0.29) is 18.6 Å². The second-order valence-electron chi connectivity index (χ2n) is 5.22. The lowest BCUT2D eigenvalue weighted by Crippen LogP contribution is -2.30. The Morgan fingerprint density at radius 1 is 1.12 bits per heavy atom. The van der Waals surface area contributed by atoms with E-state index < -0.39 is 18.0 Å². The van der Waals surface area contributed by atoms with Crippen LogP contribution in [0.15, 0.2) is 41.8 Å². The molecule has 1 amide bonds. The van der Waals surface area contributed by atoms with Gasteiger partial charge in [0.05, 0.1) is 24.1 Å². The summed E-state index contributed by atoms with van der Waals surface area (Å²) in [6.45, 7) is 1.48. The number of ether oxygens (including phenoxy) is 2. The van der Waals surface area contributed by atoms with Crippen LogP contribution in [0.25, 0.3) is 0 Å². The van der Waals surface area contributed by atoms with E-state index in [1.165, 1.54) is 25.4 Å². The monoisotopic (exact) mass is 361 g/mol. The predicted octanol–water partition coefficient (Wildman–Crippen LogP) is 3.29. The highest BCUT2D eigenvalue weighted by Gasteiger charge is 2.20. The van der Waals surface area contributed by atoms with Crippen molar-refractivity contribution in [1.29, 1.82) is 0 Å². The lowest BCUT2D eigenvalue weighted by molar-refractivity contribution is -0.153. The number of nitrogens with one attached hydrogen (secondary N) is 1. The molecule has 1 aromatic heterocycles. The van der Waals surface area contributed by atoms with E-state index in [0.717, 1.165) is 0 Å². The summed E-state index contributed by atoms with van der Waals surface area (Å²) < 4.78 is 10.2. The Morgan fingerprint density at radius 2 is 1.88 bits per heavy atom. The van der Waals surface area contributed by atoms with Crippen molar-refractivity contribution in [2.45, 2.75) is 25.9 Å². The van der Waals surface area contributed by atoms with Crippen molar-refractivity contribution in [3.63, 3.8) is 0 Å². The number of rotatable bonds is 8. The van der Waals surface area contributed by atoms with Gasteiger partial charge in [-0.1, -0.05) is 18.2 Å². The molecule has 25 heavy (non-hydrogen) atoms. The zero-order valence-corrected chi connectivity index (χ0v) is 14.8. The number of hydrogen-bond donors (Lipinski definition) is 1. The van der Waals surface area contributed by atoms with Crippen LogP contribution in [0.1, 0.15) is 29.4 Å². The SMILES string of the molecule is COc1ccccc1NC(=O)C(C)OC(=O)CCC(=O)c1cccs1. The first-order valence-corrected chi connectivity index (χ1v) is 8.59. The third-order valence-corrected chi connectivity index (χ3v) is 4.31. The van der Waals surface area contributed by atoms with E-state index in [2.05, 4.69) is 5.32 Å². The number of Topliss-reactive ketones (excluding diaryl/α,β-unsaturated/α-hetero) is 1. The van der Waals surface area contributed by atoms with Gasteiger partial charge in [-0.25, -0.2) is 0 Å². The summed E-state index contributed by atoms with van der Waals surface area (Å²) in [5.41, 5.74) is 0.491. The molecule has 0 saturated heterocycles. The van der Waals surface area contributed by atoms with Crippen LogP contribution in [0, 0.1) is 0 Å². The number of methoxy groups -OCH3 is 1. The molecule has 2 rings (SSSR count). The van der Waals surface area contributed by atoms with Gasteiger partial charge in [0.25, 0.3) is 5.91 Å². The van der Waals surface area contributed by atoms with Crippen LogP contribution in [-0.2, 0) is 14.3 Å². The molecule has 1 aromatic carbocycles. The smallest absolute Gasteiger partial charge is 0.307 e. The van der Waals surface area contributed by atoms with E-state index in [0.29, 0.717) is 16.3 Å². The minimum absolute atomic E-state index is 0.0557. The summed E-state index contributed by atoms with van der Waals surface area (Å²) in [4.78, 5) is 36.4. The summed E-state index contributed by atoms with van der Waals surface area (Å²) in [5, 5.41) is 4.45. The first-order valence-electron chi connectivity index (χ1n) is 7.71. The zero-order chi connectivity index (χ0) is 18.2. The number of hydrogen-bond acceptors (Lipinski definition) is 6. The van der Waals surface area contributed by atoms with Gasteiger partial charge in [-0.2, -0.15) is 0 Å². The lowest BCUT2D eigenvalue weighted by atomic mass is 10.2. The highest BCUT2D eigenvalue weighted by atomic mass is 32.1. The fraction of sp³-hybridized carbons (Fsp3) is 0.278. The lowest BCUT2D eigenvalue weighted by Gasteiger charge is -2.15. The topological polar surface area (TPSA) is 81.7 Å². The summed E-state index contributed by atoms with van der Waals surface area (Å²) in [5.74, 6) is -0.663. The molecular formula is C18H19NO5S. The maximum atomic E-state index is 12.1. The van der Waals surface area contributed by atoms with Gasteiger partial charge >= 0.3 is 5.97 Å². The number of ketones is 1. The number of anilines is 1. The van der Waals surface area contributed by atoms with Gasteiger partial charge in [0, 0.05) is 6.42 Å². The van der Waals surface area contributed by atoms with Crippen molar-refractivity contribution in [2.24, 2.45) is 0 Å². The van der Waals surface area contributed by atoms with E-state index in [1.54, 1.807) is 41.8 Å². The molecule has 0 fully saturated rings. The quantitative estimate of drug-likeness (QED) is 0.576. The Labute approximate surface area is 149 Å². The number of amides is 1. The zero-order valence-electron chi connectivity index (χ0n) is 14.0. The Balaban J connectivity index is 1.82. The molecule has 1 heterocycles. The molecule has 1 N–H and O–H groups in total. The minimum Gasteiger partial charge on any atom is -0.495 e. The fourth-order valence-corrected chi connectivity index (χ4v) is 2.76. The molecule has 0 aliphatic rings. The molecule has 0 aliphatic carbocycles. The summed E-state index contributed by atoms with van der Waals surface area (Å²) >= 11 is 1.33. The van der Waals surface area contributed by atoms with Crippen molar-refractivity contribution in [2.75, 3.05) is 12.4 Å². The molecule has 6 nitrogen and oxygen atoms in total. The number of esters is 1. The number of benzene rings is 1. The first kappa shape index (κ1) is 18.7. The molecule has 0 spiro atoms. The fourth-order valence-electron chi connectivity index (χ4n) is 2.07. The molecule has 0 aliphatic heterocycles. The molecule has 0 radical (unpaired) electrons. The molecule has 132 valence electrons. The molecule has 1 atom stereocenters. The van der Waals surface area contributed by atoms with E-state index in [9.17, 15) is 14.4 Å². The maximum Gasteiger partial charge on any atom is 0.307 e. The number of para-hydroxylation sites is 2. The molecule has 0 bridgehead atoms. The van der Waals surface area contributed by atoms with E-state index in [1.807, 2.05) is 0 Å². The average Bonchev–Trinajstić information content (AvgIpc) is 3.14. The standard InChI is InChI=1S/C18H19NO5S/c1-12(18(22)19-13-6-3-4-7-15(13)23-2)24-17(21)10-9-14(20)16-8-5-11-25-16/h3-8,11-12H,9-10H2,1-2H3,(H,19,22). The third-order valence-electron chi connectivity index (χ3n) is 3.39. The van der Waals surface area contributed by atoms with Crippen LogP contribution in [0.4, 0.5) is 5.69 Å². The van der Waals surface area contributed by atoms with Gasteiger partial charge in [-0.3, -0.25) is 14.4 Å². The normalized spacial score (nSPS) is 11.4. The van der Waals surface area contributed by atoms with Gasteiger partial charge in [0.1, 0.15) is 5.75 Å². The van der Waals surface area contributed by atoms with E-state index >= 15 is 0 Å². The Morgan fingerprint density at radius 3 is 2.56 bits per heavy atom. The van der Waals surface area contributed by atoms with Crippen LogP contribution < -0.4 is 10.1 Å². The Kier molecular flexibility index (Phi) is 6.71. The van der Waals surface area contributed by atoms with Crippen molar-refractivity contribution in [1.82, 2.24) is 0 Å². The van der Waals surface area contributed by atoms with Crippen LogP contribution >= 0.6 is 11.3 Å². The third kappa shape index (κ3) is 5.42. The number of carbonyl (C=O) groups is 3. The molecule has 2 aromatic rings. The Bertz CT molecular complexity index is 742. The van der Waals surface area contributed by atoms with Crippen molar-refractivity contribution in [3.05, 3.63) is 46.7 Å². The van der Waals surface area contributed by atoms with Gasteiger partial charge < -0.3 is 14.8 Å². The largest absolute Gasteiger partial charge is 0.495 e. The second-order valence-corrected chi connectivity index (χ2v) is 6.17. The summed E-state index contributed by atoms with van der Waals surface area (Å²) in [6, 6.07) is 10.4. The van der Waals surface area contributed by atoms with Gasteiger partial charge in [-0.15, -0.1) is 11.3 Å². The van der Waals surface area contributed by atoms with Gasteiger partial charge in [0.2, 0.25) is 0 Å². The highest BCUT2D eigenvalue weighted by Crippen LogP contribution is 2.23. The van der Waals surface area contributed by atoms with Crippen molar-refractivity contribution < 1.29 is 23.9 Å². The number of carbonyl (C=O) groups excluding carboxylic acids is 3. The van der Waals surface area contributed by atoms with Crippen molar-refractivity contribution >= 4 is 34.7 Å². The molecule has 0 saturated carbocycles. The first-order chi connectivity index (χ1) is 12.0. The second kappa shape index (κ2) is 8.98. The van der Waals surface area contributed by atoms with Gasteiger partial charge in [-0.05, 0) is 30.5 Å². The molecular weight excluding hydrogens is 342 g/mol. The van der Waals surface area contributed by atoms with Crippen molar-refractivity contribution in [3.8, 4) is 5.75 Å². The van der Waals surface area contributed by atoms with E-state index in [4.69, 9.17) is 9.47 Å². The van der Waals surface area contributed by atoms with Crippen LogP contribution in [0.5, 0.6) is 5.75 Å². The van der Waals surface area contributed by atoms with Gasteiger partial charge in [0.15, 0.2) is 11.9 Å². The molecule has 1 unspecified atom stereocenters. The van der Waals surface area contributed by atoms with Crippen LogP contribution in [0.3, 0.4) is 0 Å². The Hall–Kier alpha value is -2.67. The molecule has 7 heteroatoms. The predicted molar refractivity (Wildman–Crippen MR) is 95.1 cm³/mol.